The van der Waals surface area contributed by atoms with Gasteiger partial charge in [-0.1, -0.05) is 6.07 Å². The van der Waals surface area contributed by atoms with E-state index in [-0.39, 0.29) is 16.7 Å². The molecular weight excluding hydrogens is 258 g/mol. The van der Waals surface area contributed by atoms with Crippen LogP contribution in [0.4, 0.5) is 11.4 Å². The van der Waals surface area contributed by atoms with Gasteiger partial charge in [0.2, 0.25) is 0 Å². The Balaban J connectivity index is 2.05. The second kappa shape index (κ2) is 6.19. The molecule has 0 amide bonds. The number of aliphatic hydroxyl groups is 1. The zero-order valence-electron chi connectivity index (χ0n) is 11.9. The molecule has 1 fully saturated rings. The number of rotatable bonds is 5. The fourth-order valence-corrected chi connectivity index (χ4v) is 2.70. The number of anilines is 1. The number of nitro benzene ring substituents is 1. The van der Waals surface area contributed by atoms with Crippen molar-refractivity contribution in [2.24, 2.45) is 5.92 Å². The van der Waals surface area contributed by atoms with Gasteiger partial charge in [-0.25, -0.2) is 0 Å². The molecule has 0 saturated carbocycles. The van der Waals surface area contributed by atoms with E-state index in [0.717, 1.165) is 31.6 Å². The van der Waals surface area contributed by atoms with Crippen molar-refractivity contribution in [1.82, 2.24) is 4.90 Å². The third-order valence-corrected chi connectivity index (χ3v) is 3.92. The van der Waals surface area contributed by atoms with Crippen molar-refractivity contribution in [2.45, 2.75) is 26.0 Å². The van der Waals surface area contributed by atoms with Crippen LogP contribution in [-0.2, 0) is 6.54 Å². The number of nitrogens with zero attached hydrogens (tertiary/aromatic N) is 2. The number of aliphatic hydroxyl groups excluding tert-OH is 1. The first kappa shape index (κ1) is 14.7. The summed E-state index contributed by atoms with van der Waals surface area (Å²) >= 11 is 0. The van der Waals surface area contributed by atoms with E-state index in [1.165, 1.54) is 0 Å². The summed E-state index contributed by atoms with van der Waals surface area (Å²) in [5, 5.41) is 23.4. The zero-order chi connectivity index (χ0) is 14.7. The molecule has 0 aliphatic carbocycles. The van der Waals surface area contributed by atoms with Crippen LogP contribution in [0.15, 0.2) is 18.2 Å². The fraction of sp³-hybridized carbons (Fsp3) is 0.571. The van der Waals surface area contributed by atoms with Crippen molar-refractivity contribution in [2.75, 3.05) is 25.5 Å². The summed E-state index contributed by atoms with van der Waals surface area (Å²) in [6.07, 6.45) is 0.730. The maximum atomic E-state index is 10.9. The Bertz CT molecular complexity index is 491. The normalized spacial score (nSPS) is 20.9. The van der Waals surface area contributed by atoms with Crippen LogP contribution >= 0.6 is 0 Å². The molecule has 0 spiro atoms. The summed E-state index contributed by atoms with van der Waals surface area (Å²) < 4.78 is 0. The van der Waals surface area contributed by atoms with Crippen molar-refractivity contribution < 1.29 is 10.0 Å². The lowest BCUT2D eigenvalue weighted by Crippen LogP contribution is -2.24. The average Bonchev–Trinajstić information content (AvgIpc) is 2.87. The van der Waals surface area contributed by atoms with E-state index in [1.54, 1.807) is 19.2 Å². The van der Waals surface area contributed by atoms with Gasteiger partial charge in [-0.15, -0.1) is 0 Å². The number of hydrogen-bond donors (Lipinski definition) is 2. The topological polar surface area (TPSA) is 78.6 Å². The van der Waals surface area contributed by atoms with Gasteiger partial charge in [-0.05, 0) is 37.4 Å². The van der Waals surface area contributed by atoms with Crippen LogP contribution in [0.25, 0.3) is 0 Å². The van der Waals surface area contributed by atoms with Gasteiger partial charge in [0.15, 0.2) is 0 Å². The summed E-state index contributed by atoms with van der Waals surface area (Å²) in [5.41, 5.74) is 1.68. The maximum absolute atomic E-state index is 10.9. The standard InChI is InChI=1S/C14H21N3O3/c1-10(18)12-5-6-16(9-12)8-11-3-4-14(17(19)20)13(7-11)15-2/h3-4,7,10,12,15,18H,5-6,8-9H2,1-2H3. The number of hydrogen-bond acceptors (Lipinski definition) is 5. The second-order valence-corrected chi connectivity index (χ2v) is 5.38. The van der Waals surface area contributed by atoms with Crippen LogP contribution in [0, 0.1) is 16.0 Å². The predicted octanol–water partition coefficient (Wildman–Crippen LogP) is 1.84. The number of nitrogens with one attached hydrogen (secondary N) is 1. The van der Waals surface area contributed by atoms with Gasteiger partial charge < -0.3 is 10.4 Å². The lowest BCUT2D eigenvalue weighted by Gasteiger charge is -2.17. The Hall–Kier alpha value is -1.66. The van der Waals surface area contributed by atoms with Crippen LogP contribution in [-0.4, -0.2) is 41.2 Å². The van der Waals surface area contributed by atoms with E-state index in [2.05, 4.69) is 10.2 Å². The summed E-state index contributed by atoms with van der Waals surface area (Å²) in [6.45, 7) is 4.43. The molecule has 0 aromatic heterocycles. The molecule has 0 bridgehead atoms. The van der Waals surface area contributed by atoms with Gasteiger partial charge in [-0.2, -0.15) is 0 Å². The van der Waals surface area contributed by atoms with E-state index >= 15 is 0 Å². The van der Waals surface area contributed by atoms with Gasteiger partial charge in [0.1, 0.15) is 5.69 Å². The largest absolute Gasteiger partial charge is 0.393 e. The van der Waals surface area contributed by atoms with Gasteiger partial charge in [-0.3, -0.25) is 15.0 Å². The van der Waals surface area contributed by atoms with E-state index in [4.69, 9.17) is 0 Å². The minimum absolute atomic E-state index is 0.0968. The molecule has 1 aliphatic rings. The van der Waals surface area contributed by atoms with Crippen LogP contribution < -0.4 is 5.32 Å². The average molecular weight is 279 g/mol. The van der Waals surface area contributed by atoms with Crippen LogP contribution in [0.2, 0.25) is 0 Å². The first-order chi connectivity index (χ1) is 9.51. The van der Waals surface area contributed by atoms with Crippen LogP contribution in [0.3, 0.4) is 0 Å². The SMILES string of the molecule is CNc1cc(CN2CCC(C(C)O)C2)ccc1[N+](=O)[O-]. The Morgan fingerprint density at radius 3 is 2.90 bits per heavy atom. The van der Waals surface area contributed by atoms with Gasteiger partial charge >= 0.3 is 0 Å². The molecule has 1 saturated heterocycles. The monoisotopic (exact) mass is 279 g/mol. The molecule has 20 heavy (non-hydrogen) atoms. The second-order valence-electron chi connectivity index (χ2n) is 5.38. The van der Waals surface area contributed by atoms with Crippen molar-refractivity contribution >= 4 is 11.4 Å². The molecule has 6 nitrogen and oxygen atoms in total. The molecule has 1 aliphatic heterocycles. The number of benzene rings is 1. The Morgan fingerprint density at radius 2 is 2.35 bits per heavy atom. The molecule has 0 radical (unpaired) electrons. The Labute approximate surface area is 118 Å². The smallest absolute Gasteiger partial charge is 0.292 e. The first-order valence-electron chi connectivity index (χ1n) is 6.86. The molecule has 1 heterocycles. The quantitative estimate of drug-likeness (QED) is 0.635. The minimum atomic E-state index is -0.380. The molecule has 2 N–H and O–H groups in total. The van der Waals surface area contributed by atoms with Gasteiger partial charge in [0.05, 0.1) is 11.0 Å². The first-order valence-corrected chi connectivity index (χ1v) is 6.86. The van der Waals surface area contributed by atoms with Crippen molar-refractivity contribution in [3.8, 4) is 0 Å². The molecule has 2 atom stereocenters. The highest BCUT2D eigenvalue weighted by atomic mass is 16.6. The molecule has 2 rings (SSSR count). The molecule has 1 aromatic carbocycles. The van der Waals surface area contributed by atoms with Gasteiger partial charge in [0, 0.05) is 26.2 Å². The fourth-order valence-electron chi connectivity index (χ4n) is 2.70. The molecular formula is C14H21N3O3. The molecule has 2 unspecified atom stereocenters. The zero-order valence-corrected chi connectivity index (χ0v) is 11.9. The highest BCUT2D eigenvalue weighted by molar-refractivity contribution is 5.62. The Morgan fingerprint density at radius 1 is 1.60 bits per heavy atom. The highest BCUT2D eigenvalue weighted by Gasteiger charge is 2.26. The molecule has 6 heteroatoms. The third-order valence-electron chi connectivity index (χ3n) is 3.92. The number of likely N-dealkylation sites (tertiary alicyclic amines) is 1. The van der Waals surface area contributed by atoms with E-state index in [9.17, 15) is 15.2 Å². The van der Waals surface area contributed by atoms with Crippen LogP contribution in [0.1, 0.15) is 18.9 Å². The Kier molecular flexibility index (Phi) is 4.57. The van der Waals surface area contributed by atoms with Gasteiger partial charge in [0.25, 0.3) is 5.69 Å². The van der Waals surface area contributed by atoms with E-state index < -0.39 is 0 Å². The van der Waals surface area contributed by atoms with Crippen LogP contribution in [0.5, 0.6) is 0 Å². The molecule has 110 valence electrons. The summed E-state index contributed by atoms with van der Waals surface area (Å²) in [6, 6.07) is 5.17. The third kappa shape index (κ3) is 3.26. The van der Waals surface area contributed by atoms with E-state index in [1.807, 2.05) is 13.0 Å². The summed E-state index contributed by atoms with van der Waals surface area (Å²) in [5.74, 6) is 0.330. The lowest BCUT2D eigenvalue weighted by atomic mass is 10.0. The minimum Gasteiger partial charge on any atom is -0.393 e. The van der Waals surface area contributed by atoms with E-state index in [0.29, 0.717) is 11.6 Å². The van der Waals surface area contributed by atoms with Crippen molar-refractivity contribution in [3.05, 3.63) is 33.9 Å². The predicted molar refractivity (Wildman–Crippen MR) is 77.7 cm³/mol. The van der Waals surface area contributed by atoms with Crippen molar-refractivity contribution in [1.29, 1.82) is 0 Å². The van der Waals surface area contributed by atoms with Crippen molar-refractivity contribution in [3.63, 3.8) is 0 Å². The summed E-state index contributed by atoms with van der Waals surface area (Å²) in [4.78, 5) is 12.8. The highest BCUT2D eigenvalue weighted by Crippen LogP contribution is 2.27. The number of nitro groups is 1. The summed E-state index contributed by atoms with van der Waals surface area (Å²) in [7, 11) is 1.69. The molecule has 1 aromatic rings. The maximum Gasteiger partial charge on any atom is 0.292 e. The lowest BCUT2D eigenvalue weighted by molar-refractivity contribution is -0.384.